The van der Waals surface area contributed by atoms with Gasteiger partial charge in [0.15, 0.2) is 0 Å². The predicted molar refractivity (Wildman–Crippen MR) is 60.4 cm³/mol. The molecular weight excluding hydrogens is 200 g/mol. The van der Waals surface area contributed by atoms with Crippen LogP contribution in [0.4, 0.5) is 5.69 Å². The Labute approximate surface area is 90.1 Å². The van der Waals surface area contributed by atoms with Crippen molar-refractivity contribution in [3.63, 3.8) is 0 Å². The number of phenolic OH excluding ortho intramolecular Hbond substituents is 1. The van der Waals surface area contributed by atoms with Gasteiger partial charge in [0.1, 0.15) is 5.75 Å². The summed E-state index contributed by atoms with van der Waals surface area (Å²) in [5.74, 6) is 0.332. The average Bonchev–Trinajstić information content (AvgIpc) is 2.20. The SMILES string of the molecule is Cl.Oc1ccc(N2CCNCC2)cc1. The van der Waals surface area contributed by atoms with Crippen LogP contribution in [0.15, 0.2) is 24.3 Å². The number of rotatable bonds is 1. The van der Waals surface area contributed by atoms with Crippen LogP contribution in [0.2, 0.25) is 0 Å². The molecule has 0 atom stereocenters. The van der Waals surface area contributed by atoms with Crippen molar-refractivity contribution in [3.8, 4) is 5.75 Å². The lowest BCUT2D eigenvalue weighted by Gasteiger charge is -2.29. The third kappa shape index (κ3) is 2.53. The minimum atomic E-state index is 0. The van der Waals surface area contributed by atoms with Gasteiger partial charge >= 0.3 is 0 Å². The lowest BCUT2D eigenvalue weighted by Crippen LogP contribution is -2.43. The van der Waals surface area contributed by atoms with E-state index in [0.717, 1.165) is 26.2 Å². The first kappa shape index (κ1) is 11.1. The molecule has 4 heteroatoms. The van der Waals surface area contributed by atoms with Crippen molar-refractivity contribution in [2.24, 2.45) is 0 Å². The largest absolute Gasteiger partial charge is 0.508 e. The Balaban J connectivity index is 0.000000980. The number of benzene rings is 1. The molecule has 0 aliphatic carbocycles. The van der Waals surface area contributed by atoms with Crippen LogP contribution in [0.25, 0.3) is 0 Å². The first-order chi connectivity index (χ1) is 6.36. The van der Waals surface area contributed by atoms with Crippen molar-refractivity contribution in [3.05, 3.63) is 24.3 Å². The van der Waals surface area contributed by atoms with E-state index in [1.807, 2.05) is 12.1 Å². The molecule has 1 heterocycles. The third-order valence-corrected chi connectivity index (χ3v) is 2.33. The van der Waals surface area contributed by atoms with Gasteiger partial charge in [0.05, 0.1) is 0 Å². The summed E-state index contributed by atoms with van der Waals surface area (Å²) in [6.45, 7) is 4.18. The van der Waals surface area contributed by atoms with Crippen molar-refractivity contribution >= 4 is 18.1 Å². The van der Waals surface area contributed by atoms with Gasteiger partial charge in [0.2, 0.25) is 0 Å². The highest BCUT2D eigenvalue weighted by molar-refractivity contribution is 5.85. The Hall–Kier alpha value is -0.930. The summed E-state index contributed by atoms with van der Waals surface area (Å²) in [5.41, 5.74) is 1.19. The highest BCUT2D eigenvalue weighted by Gasteiger charge is 2.09. The van der Waals surface area contributed by atoms with E-state index in [1.165, 1.54) is 5.69 Å². The number of hydrogen-bond donors (Lipinski definition) is 2. The minimum absolute atomic E-state index is 0. The molecule has 1 aromatic rings. The van der Waals surface area contributed by atoms with Crippen LogP contribution < -0.4 is 10.2 Å². The Morgan fingerprint density at radius 2 is 1.64 bits per heavy atom. The number of piperazine rings is 1. The quantitative estimate of drug-likeness (QED) is 0.738. The Bertz CT molecular complexity index is 270. The number of hydrogen-bond acceptors (Lipinski definition) is 3. The molecule has 0 radical (unpaired) electrons. The number of aromatic hydroxyl groups is 1. The molecule has 2 rings (SSSR count). The number of halogens is 1. The third-order valence-electron chi connectivity index (χ3n) is 2.33. The van der Waals surface area contributed by atoms with Crippen LogP contribution in [0.5, 0.6) is 5.75 Å². The lowest BCUT2D eigenvalue weighted by atomic mass is 10.2. The summed E-state index contributed by atoms with van der Waals surface area (Å²) in [4.78, 5) is 2.32. The molecule has 0 spiro atoms. The van der Waals surface area contributed by atoms with Crippen molar-refractivity contribution in [2.45, 2.75) is 0 Å². The Kier molecular flexibility index (Phi) is 4.04. The van der Waals surface area contributed by atoms with Gasteiger partial charge in [-0.1, -0.05) is 0 Å². The van der Waals surface area contributed by atoms with E-state index < -0.39 is 0 Å². The Morgan fingerprint density at radius 1 is 1.07 bits per heavy atom. The molecule has 1 aliphatic rings. The number of phenols is 1. The molecule has 0 amide bonds. The maximum absolute atomic E-state index is 9.12. The highest BCUT2D eigenvalue weighted by atomic mass is 35.5. The second-order valence-electron chi connectivity index (χ2n) is 3.25. The lowest BCUT2D eigenvalue weighted by molar-refractivity contribution is 0.475. The molecule has 0 aromatic heterocycles. The van der Waals surface area contributed by atoms with Crippen LogP contribution in [-0.2, 0) is 0 Å². The van der Waals surface area contributed by atoms with E-state index >= 15 is 0 Å². The van der Waals surface area contributed by atoms with E-state index in [1.54, 1.807) is 12.1 Å². The smallest absolute Gasteiger partial charge is 0.115 e. The standard InChI is InChI=1S/C10H14N2O.ClH/c13-10-3-1-9(2-4-10)12-7-5-11-6-8-12;/h1-4,11,13H,5-8H2;1H. The summed E-state index contributed by atoms with van der Waals surface area (Å²) < 4.78 is 0. The molecule has 2 N–H and O–H groups in total. The zero-order chi connectivity index (χ0) is 9.10. The summed E-state index contributed by atoms with van der Waals surface area (Å²) in [5, 5.41) is 12.4. The first-order valence-corrected chi connectivity index (χ1v) is 4.61. The van der Waals surface area contributed by atoms with Crippen molar-refractivity contribution in [2.75, 3.05) is 31.1 Å². The van der Waals surface area contributed by atoms with Crippen LogP contribution in [0.1, 0.15) is 0 Å². The zero-order valence-electron chi connectivity index (χ0n) is 7.94. The molecule has 0 bridgehead atoms. The van der Waals surface area contributed by atoms with Gasteiger partial charge in [0, 0.05) is 31.9 Å². The molecule has 1 saturated heterocycles. The molecule has 0 unspecified atom stereocenters. The predicted octanol–water partition coefficient (Wildman–Crippen LogP) is 1.22. The molecule has 0 saturated carbocycles. The zero-order valence-corrected chi connectivity index (χ0v) is 8.76. The summed E-state index contributed by atoms with van der Waals surface area (Å²) in [6.07, 6.45) is 0. The van der Waals surface area contributed by atoms with Crippen LogP contribution >= 0.6 is 12.4 Å². The normalized spacial score (nSPS) is 16.1. The maximum atomic E-state index is 9.12. The van der Waals surface area contributed by atoms with Gasteiger partial charge in [-0.15, -0.1) is 12.4 Å². The number of nitrogens with one attached hydrogen (secondary N) is 1. The van der Waals surface area contributed by atoms with Gasteiger partial charge in [-0.25, -0.2) is 0 Å². The Morgan fingerprint density at radius 3 is 2.21 bits per heavy atom. The van der Waals surface area contributed by atoms with Gasteiger partial charge in [-0.2, -0.15) is 0 Å². The van der Waals surface area contributed by atoms with Crippen LogP contribution in [0, 0.1) is 0 Å². The first-order valence-electron chi connectivity index (χ1n) is 4.61. The number of nitrogens with zero attached hydrogens (tertiary/aromatic N) is 1. The molecule has 14 heavy (non-hydrogen) atoms. The van der Waals surface area contributed by atoms with Crippen LogP contribution in [0.3, 0.4) is 0 Å². The fraction of sp³-hybridized carbons (Fsp3) is 0.400. The van der Waals surface area contributed by atoms with E-state index in [2.05, 4.69) is 10.2 Å². The second-order valence-corrected chi connectivity index (χ2v) is 3.25. The van der Waals surface area contributed by atoms with E-state index in [9.17, 15) is 0 Å². The fourth-order valence-corrected chi connectivity index (χ4v) is 1.59. The summed E-state index contributed by atoms with van der Waals surface area (Å²) in [6, 6.07) is 7.38. The highest BCUT2D eigenvalue weighted by Crippen LogP contribution is 2.18. The van der Waals surface area contributed by atoms with E-state index in [4.69, 9.17) is 5.11 Å². The molecular formula is C10H15ClN2O. The monoisotopic (exact) mass is 214 g/mol. The summed E-state index contributed by atoms with van der Waals surface area (Å²) >= 11 is 0. The molecule has 3 nitrogen and oxygen atoms in total. The van der Waals surface area contributed by atoms with Crippen LogP contribution in [-0.4, -0.2) is 31.3 Å². The number of anilines is 1. The molecule has 1 fully saturated rings. The molecule has 78 valence electrons. The van der Waals surface area contributed by atoms with Gasteiger partial charge < -0.3 is 15.3 Å². The van der Waals surface area contributed by atoms with Gasteiger partial charge in [-0.3, -0.25) is 0 Å². The van der Waals surface area contributed by atoms with Gasteiger partial charge in [0.25, 0.3) is 0 Å². The fourth-order valence-electron chi connectivity index (χ4n) is 1.59. The van der Waals surface area contributed by atoms with Crippen molar-refractivity contribution in [1.82, 2.24) is 5.32 Å². The average molecular weight is 215 g/mol. The minimum Gasteiger partial charge on any atom is -0.508 e. The molecule has 1 aliphatic heterocycles. The second kappa shape index (κ2) is 5.08. The van der Waals surface area contributed by atoms with E-state index in [-0.39, 0.29) is 12.4 Å². The van der Waals surface area contributed by atoms with Crippen molar-refractivity contribution in [1.29, 1.82) is 0 Å². The van der Waals surface area contributed by atoms with E-state index in [0.29, 0.717) is 5.75 Å². The summed E-state index contributed by atoms with van der Waals surface area (Å²) in [7, 11) is 0. The maximum Gasteiger partial charge on any atom is 0.115 e. The topological polar surface area (TPSA) is 35.5 Å². The van der Waals surface area contributed by atoms with Gasteiger partial charge in [-0.05, 0) is 24.3 Å². The van der Waals surface area contributed by atoms with Crippen molar-refractivity contribution < 1.29 is 5.11 Å². The molecule has 1 aromatic carbocycles.